The summed E-state index contributed by atoms with van der Waals surface area (Å²) in [6.07, 6.45) is 3.79. The van der Waals surface area contributed by atoms with Gasteiger partial charge in [-0.05, 0) is 38.3 Å². The molecule has 8 heteroatoms. The summed E-state index contributed by atoms with van der Waals surface area (Å²) >= 11 is 7.73. The average Bonchev–Trinajstić information content (AvgIpc) is 2.99. The fourth-order valence-electron chi connectivity index (χ4n) is 3.02. The van der Waals surface area contributed by atoms with Crippen molar-refractivity contribution in [3.8, 4) is 0 Å². The first-order valence-electron chi connectivity index (χ1n) is 7.94. The van der Waals surface area contributed by atoms with Gasteiger partial charge in [0.1, 0.15) is 0 Å². The van der Waals surface area contributed by atoms with E-state index in [0.29, 0.717) is 24.5 Å². The van der Waals surface area contributed by atoms with Crippen molar-refractivity contribution in [2.75, 3.05) is 18.8 Å². The first kappa shape index (κ1) is 17.8. The van der Waals surface area contributed by atoms with Crippen LogP contribution in [-0.4, -0.2) is 41.5 Å². The molecule has 0 radical (unpaired) electrons. The summed E-state index contributed by atoms with van der Waals surface area (Å²) < 4.78 is 26.7. The van der Waals surface area contributed by atoms with Gasteiger partial charge in [0.25, 0.3) is 0 Å². The average molecular weight is 386 g/mol. The van der Waals surface area contributed by atoms with Crippen molar-refractivity contribution >= 4 is 33.0 Å². The minimum absolute atomic E-state index is 0.144. The number of aryl methyl sites for hydroxylation is 2. The minimum atomic E-state index is -3.23. The molecule has 0 spiro atoms. The largest absolute Gasteiger partial charge is 0.259 e. The summed E-state index contributed by atoms with van der Waals surface area (Å²) in [6.45, 7) is 2.98. The molecule has 0 aromatic carbocycles. The molecular weight excluding hydrogens is 366 g/mol. The molecule has 3 heterocycles. The molecule has 0 bridgehead atoms. The van der Waals surface area contributed by atoms with E-state index in [1.807, 2.05) is 19.1 Å². The van der Waals surface area contributed by atoms with Crippen LogP contribution in [0.5, 0.6) is 0 Å². The summed E-state index contributed by atoms with van der Waals surface area (Å²) in [5.74, 6) is 0.374. The molecule has 1 fully saturated rings. The zero-order valence-corrected chi connectivity index (χ0v) is 15.9. The highest BCUT2D eigenvalue weighted by molar-refractivity contribution is 7.89. The van der Waals surface area contributed by atoms with Crippen molar-refractivity contribution < 1.29 is 8.42 Å². The molecule has 0 atom stereocenters. The Bertz CT molecular complexity index is 799. The zero-order valence-electron chi connectivity index (χ0n) is 13.5. The van der Waals surface area contributed by atoms with Gasteiger partial charge in [0.2, 0.25) is 10.0 Å². The molecule has 130 valence electrons. The lowest BCUT2D eigenvalue weighted by atomic mass is 9.94. The summed E-state index contributed by atoms with van der Waals surface area (Å²) in [4.78, 5) is 9.59. The van der Waals surface area contributed by atoms with Crippen LogP contribution in [-0.2, 0) is 16.4 Å². The highest BCUT2D eigenvalue weighted by Gasteiger charge is 2.29. The van der Waals surface area contributed by atoms with E-state index in [1.54, 1.807) is 16.0 Å². The fourth-order valence-corrected chi connectivity index (χ4v) is 5.70. The smallest absolute Gasteiger partial charge is 0.214 e. The lowest BCUT2D eigenvalue weighted by molar-refractivity contribution is 0.317. The number of rotatable bonds is 5. The van der Waals surface area contributed by atoms with E-state index in [0.717, 1.165) is 29.1 Å². The summed E-state index contributed by atoms with van der Waals surface area (Å²) in [6, 6.07) is 3.65. The predicted octanol–water partition coefficient (Wildman–Crippen LogP) is 3.25. The number of nitrogens with zero attached hydrogens (tertiary/aromatic N) is 3. The molecule has 3 rings (SSSR count). The third-order valence-electron chi connectivity index (χ3n) is 4.45. The van der Waals surface area contributed by atoms with Crippen molar-refractivity contribution in [3.63, 3.8) is 0 Å². The lowest BCUT2D eigenvalue weighted by Crippen LogP contribution is -2.39. The molecule has 2 aromatic rings. The van der Waals surface area contributed by atoms with Crippen molar-refractivity contribution in [1.82, 2.24) is 14.3 Å². The summed E-state index contributed by atoms with van der Waals surface area (Å²) in [5.41, 5.74) is 3.58. The SMILES string of the molecule is Cc1ncsc1CCS(=O)(=O)N1CCC(c2ncccc2Cl)CC1. The highest BCUT2D eigenvalue weighted by atomic mass is 35.5. The second-order valence-corrected chi connectivity index (χ2v) is 9.41. The van der Waals surface area contributed by atoms with Crippen LogP contribution in [0.15, 0.2) is 23.8 Å². The summed E-state index contributed by atoms with van der Waals surface area (Å²) in [5, 5.41) is 0.666. The topological polar surface area (TPSA) is 63.2 Å². The van der Waals surface area contributed by atoms with Gasteiger partial charge in [-0.2, -0.15) is 0 Å². The van der Waals surface area contributed by atoms with Crippen molar-refractivity contribution in [1.29, 1.82) is 0 Å². The predicted molar refractivity (Wildman–Crippen MR) is 97.1 cm³/mol. The molecule has 1 aliphatic rings. The van der Waals surface area contributed by atoms with Crippen molar-refractivity contribution in [2.24, 2.45) is 0 Å². The van der Waals surface area contributed by atoms with E-state index >= 15 is 0 Å². The maximum atomic E-state index is 12.6. The Kier molecular flexibility index (Phi) is 5.54. The Morgan fingerprint density at radius 3 is 2.71 bits per heavy atom. The Labute approximate surface area is 151 Å². The molecule has 0 amide bonds. The number of sulfonamides is 1. The van der Waals surface area contributed by atoms with E-state index in [9.17, 15) is 8.42 Å². The van der Waals surface area contributed by atoms with Crippen molar-refractivity contribution in [2.45, 2.75) is 32.1 Å². The molecule has 0 N–H and O–H groups in total. The van der Waals surface area contributed by atoms with Crippen LogP contribution in [0.25, 0.3) is 0 Å². The molecule has 24 heavy (non-hydrogen) atoms. The maximum Gasteiger partial charge on any atom is 0.214 e. The lowest BCUT2D eigenvalue weighted by Gasteiger charge is -2.31. The molecule has 1 saturated heterocycles. The molecule has 0 saturated carbocycles. The van der Waals surface area contributed by atoms with Gasteiger partial charge in [-0.25, -0.2) is 17.7 Å². The Morgan fingerprint density at radius 1 is 1.33 bits per heavy atom. The Balaban J connectivity index is 1.59. The zero-order chi connectivity index (χ0) is 17.2. The van der Waals surface area contributed by atoms with Crippen LogP contribution in [0.4, 0.5) is 0 Å². The van der Waals surface area contributed by atoms with Gasteiger partial charge < -0.3 is 0 Å². The molecular formula is C16H20ClN3O2S2. The van der Waals surface area contributed by atoms with E-state index in [4.69, 9.17) is 11.6 Å². The number of halogens is 1. The maximum absolute atomic E-state index is 12.6. The molecule has 5 nitrogen and oxygen atoms in total. The van der Waals surface area contributed by atoms with Crippen LogP contribution in [0, 0.1) is 6.92 Å². The second-order valence-electron chi connectivity index (χ2n) is 5.97. The van der Waals surface area contributed by atoms with E-state index < -0.39 is 10.0 Å². The summed E-state index contributed by atoms with van der Waals surface area (Å²) in [7, 11) is -3.23. The van der Waals surface area contributed by atoms with Gasteiger partial charge in [-0.1, -0.05) is 11.6 Å². The van der Waals surface area contributed by atoms with Crippen LogP contribution in [0.2, 0.25) is 5.02 Å². The van der Waals surface area contributed by atoms with Crippen molar-refractivity contribution in [3.05, 3.63) is 45.1 Å². The third-order valence-corrected chi connectivity index (χ3v) is 7.64. The van der Waals surface area contributed by atoms with Gasteiger partial charge >= 0.3 is 0 Å². The van der Waals surface area contributed by atoms with E-state index in [-0.39, 0.29) is 11.7 Å². The molecule has 1 aliphatic heterocycles. The molecule has 0 aliphatic carbocycles. The van der Waals surface area contributed by atoms with Gasteiger partial charge in [0, 0.05) is 30.1 Å². The standard InChI is InChI=1S/C16H20ClN3O2S2/c1-12-15(23-11-19-12)6-10-24(21,22)20-8-4-13(5-9-20)16-14(17)3-2-7-18-16/h2-3,7,11,13H,4-6,8-10H2,1H3. The first-order chi connectivity index (χ1) is 11.5. The number of thiazole rings is 1. The Hall–Kier alpha value is -1.02. The van der Waals surface area contributed by atoms with Crippen LogP contribution < -0.4 is 0 Å². The normalized spacial score (nSPS) is 17.2. The number of hydrogen-bond donors (Lipinski definition) is 0. The number of pyridine rings is 1. The quantitative estimate of drug-likeness (QED) is 0.792. The van der Waals surface area contributed by atoms with Gasteiger partial charge in [-0.15, -0.1) is 11.3 Å². The van der Waals surface area contributed by atoms with Gasteiger partial charge in [0.15, 0.2) is 0 Å². The molecule has 2 aromatic heterocycles. The minimum Gasteiger partial charge on any atom is -0.259 e. The third kappa shape index (κ3) is 3.96. The van der Waals surface area contributed by atoms with Gasteiger partial charge in [-0.3, -0.25) is 4.98 Å². The number of hydrogen-bond acceptors (Lipinski definition) is 5. The Morgan fingerprint density at radius 2 is 2.08 bits per heavy atom. The van der Waals surface area contributed by atoms with Crippen LogP contribution in [0.1, 0.15) is 35.0 Å². The number of piperidine rings is 1. The first-order valence-corrected chi connectivity index (χ1v) is 10.8. The van der Waals surface area contributed by atoms with E-state index in [1.165, 1.54) is 11.3 Å². The monoisotopic (exact) mass is 385 g/mol. The second kappa shape index (κ2) is 7.47. The molecule has 0 unspecified atom stereocenters. The van der Waals surface area contributed by atoms with Crippen LogP contribution >= 0.6 is 22.9 Å². The highest BCUT2D eigenvalue weighted by Crippen LogP contribution is 2.32. The van der Waals surface area contributed by atoms with E-state index in [2.05, 4.69) is 9.97 Å². The van der Waals surface area contributed by atoms with Crippen LogP contribution in [0.3, 0.4) is 0 Å². The fraction of sp³-hybridized carbons (Fsp3) is 0.500. The number of aromatic nitrogens is 2. The van der Waals surface area contributed by atoms with Gasteiger partial charge in [0.05, 0.1) is 27.7 Å².